The molecule has 27 heavy (non-hydrogen) atoms. The Labute approximate surface area is 154 Å². The van der Waals surface area contributed by atoms with Crippen LogP contribution in [-0.2, 0) is 4.79 Å². The third kappa shape index (κ3) is 4.03. The Morgan fingerprint density at radius 3 is 2.81 bits per heavy atom. The fourth-order valence-corrected chi connectivity index (χ4v) is 2.72. The number of hydrogen-bond donors (Lipinski definition) is 1. The molecule has 2 heterocycles. The van der Waals surface area contributed by atoms with Crippen molar-refractivity contribution in [2.45, 2.75) is 6.10 Å². The van der Waals surface area contributed by atoms with Crippen molar-refractivity contribution in [1.29, 1.82) is 0 Å². The second kappa shape index (κ2) is 7.41. The molecule has 1 aliphatic heterocycles. The molecule has 1 atom stereocenters. The number of hydrogen-bond acceptors (Lipinski definition) is 6. The first kappa shape index (κ1) is 17.0. The molecule has 2 aromatic carbocycles. The predicted octanol–water partition coefficient (Wildman–Crippen LogP) is 2.13. The van der Waals surface area contributed by atoms with Crippen molar-refractivity contribution in [2.24, 2.45) is 0 Å². The van der Waals surface area contributed by atoms with E-state index in [1.165, 1.54) is 6.07 Å². The molecule has 0 spiro atoms. The van der Waals surface area contributed by atoms with Crippen LogP contribution in [0.1, 0.15) is 0 Å². The molecule has 1 aromatic heterocycles. The standard InChI is InChI=1S/C20H17NO6/c22-19(21-10-15-11-25-16-3-1-2-4-17(16)26-15)12-24-14-7-5-13-6-8-20(23)27-18(13)9-14/h1-9,15H,10-12H2,(H,21,22). The van der Waals surface area contributed by atoms with Gasteiger partial charge in [0, 0.05) is 17.5 Å². The summed E-state index contributed by atoms with van der Waals surface area (Å²) in [4.78, 5) is 23.3. The Bertz CT molecular complexity index is 1030. The largest absolute Gasteiger partial charge is 0.486 e. The minimum atomic E-state index is -0.436. The molecule has 1 N–H and O–H groups in total. The molecule has 3 aromatic rings. The molecular weight excluding hydrogens is 350 g/mol. The van der Waals surface area contributed by atoms with Crippen LogP contribution in [0.4, 0.5) is 0 Å². The minimum Gasteiger partial charge on any atom is -0.486 e. The Morgan fingerprint density at radius 1 is 1.11 bits per heavy atom. The number of ether oxygens (including phenoxy) is 3. The van der Waals surface area contributed by atoms with Gasteiger partial charge in [-0.1, -0.05) is 12.1 Å². The van der Waals surface area contributed by atoms with Gasteiger partial charge in [0.15, 0.2) is 18.1 Å². The fraction of sp³-hybridized carbons (Fsp3) is 0.200. The van der Waals surface area contributed by atoms with E-state index in [0.717, 1.165) is 5.39 Å². The first-order chi connectivity index (χ1) is 13.2. The molecule has 1 aliphatic rings. The van der Waals surface area contributed by atoms with E-state index in [0.29, 0.717) is 36.0 Å². The van der Waals surface area contributed by atoms with Crippen LogP contribution in [0.25, 0.3) is 11.0 Å². The zero-order chi connectivity index (χ0) is 18.6. The van der Waals surface area contributed by atoms with Crippen molar-refractivity contribution in [2.75, 3.05) is 19.8 Å². The Balaban J connectivity index is 1.28. The third-order valence-electron chi connectivity index (χ3n) is 4.06. The van der Waals surface area contributed by atoms with Gasteiger partial charge in [0.05, 0.1) is 6.54 Å². The van der Waals surface area contributed by atoms with Gasteiger partial charge in [-0.2, -0.15) is 0 Å². The van der Waals surface area contributed by atoms with E-state index < -0.39 is 5.63 Å². The normalized spacial score (nSPS) is 15.3. The average molecular weight is 367 g/mol. The number of para-hydroxylation sites is 2. The maximum atomic E-state index is 12.0. The van der Waals surface area contributed by atoms with E-state index >= 15 is 0 Å². The van der Waals surface area contributed by atoms with Gasteiger partial charge in [-0.3, -0.25) is 4.79 Å². The highest BCUT2D eigenvalue weighted by Crippen LogP contribution is 2.30. The molecule has 0 saturated heterocycles. The van der Waals surface area contributed by atoms with Crippen molar-refractivity contribution in [3.8, 4) is 17.2 Å². The number of amides is 1. The molecule has 138 valence electrons. The van der Waals surface area contributed by atoms with Crippen molar-refractivity contribution < 1.29 is 23.4 Å². The summed E-state index contributed by atoms with van der Waals surface area (Å²) in [7, 11) is 0. The first-order valence-electron chi connectivity index (χ1n) is 8.49. The number of carbonyl (C=O) groups excluding carboxylic acids is 1. The van der Waals surface area contributed by atoms with Crippen molar-refractivity contribution >= 4 is 16.9 Å². The van der Waals surface area contributed by atoms with Crippen LogP contribution in [0, 0.1) is 0 Å². The molecule has 0 bridgehead atoms. The SMILES string of the molecule is O=C(COc1ccc2ccc(=O)oc2c1)NCC1COc2ccccc2O1. The van der Waals surface area contributed by atoms with Crippen LogP contribution in [0.3, 0.4) is 0 Å². The minimum absolute atomic E-state index is 0.160. The van der Waals surface area contributed by atoms with Gasteiger partial charge in [0.1, 0.15) is 24.0 Å². The molecule has 7 heteroatoms. The van der Waals surface area contributed by atoms with Crippen LogP contribution in [0.15, 0.2) is 63.8 Å². The number of benzene rings is 2. The van der Waals surface area contributed by atoms with E-state index in [1.807, 2.05) is 24.3 Å². The van der Waals surface area contributed by atoms with E-state index in [-0.39, 0.29) is 18.6 Å². The van der Waals surface area contributed by atoms with Crippen molar-refractivity contribution in [3.63, 3.8) is 0 Å². The van der Waals surface area contributed by atoms with Gasteiger partial charge >= 0.3 is 5.63 Å². The quantitative estimate of drug-likeness (QED) is 0.695. The number of carbonyl (C=O) groups is 1. The van der Waals surface area contributed by atoms with E-state index in [1.54, 1.807) is 24.3 Å². The fourth-order valence-electron chi connectivity index (χ4n) is 2.72. The summed E-state index contributed by atoms with van der Waals surface area (Å²) < 4.78 is 22.0. The third-order valence-corrected chi connectivity index (χ3v) is 4.06. The maximum absolute atomic E-state index is 12.0. The van der Waals surface area contributed by atoms with Gasteiger partial charge in [0.2, 0.25) is 0 Å². The monoisotopic (exact) mass is 367 g/mol. The summed E-state index contributed by atoms with van der Waals surface area (Å²) >= 11 is 0. The van der Waals surface area contributed by atoms with Gasteiger partial charge < -0.3 is 23.9 Å². The summed E-state index contributed by atoms with van der Waals surface area (Å²) in [5, 5.41) is 3.54. The topological polar surface area (TPSA) is 87.0 Å². The Hall–Kier alpha value is -3.48. The highest BCUT2D eigenvalue weighted by Gasteiger charge is 2.21. The number of rotatable bonds is 5. The molecule has 0 fully saturated rings. The Kier molecular flexibility index (Phi) is 4.65. The number of fused-ring (bicyclic) bond motifs is 2. The van der Waals surface area contributed by atoms with E-state index in [2.05, 4.69) is 5.32 Å². The zero-order valence-electron chi connectivity index (χ0n) is 14.3. The lowest BCUT2D eigenvalue weighted by Gasteiger charge is -2.26. The molecule has 1 unspecified atom stereocenters. The van der Waals surface area contributed by atoms with Crippen LogP contribution in [0.2, 0.25) is 0 Å². The first-order valence-corrected chi connectivity index (χ1v) is 8.49. The lowest BCUT2D eigenvalue weighted by molar-refractivity contribution is -0.123. The lowest BCUT2D eigenvalue weighted by atomic mass is 10.2. The summed E-state index contributed by atoms with van der Waals surface area (Å²) in [5.74, 6) is 1.52. The number of nitrogens with one attached hydrogen (secondary N) is 1. The lowest BCUT2D eigenvalue weighted by Crippen LogP contribution is -2.42. The molecular formula is C20H17NO6. The predicted molar refractivity (Wildman–Crippen MR) is 97.3 cm³/mol. The average Bonchev–Trinajstić information content (AvgIpc) is 2.70. The van der Waals surface area contributed by atoms with Crippen LogP contribution >= 0.6 is 0 Å². The van der Waals surface area contributed by atoms with Crippen molar-refractivity contribution in [1.82, 2.24) is 5.32 Å². The molecule has 7 nitrogen and oxygen atoms in total. The van der Waals surface area contributed by atoms with Crippen LogP contribution in [-0.4, -0.2) is 31.8 Å². The zero-order valence-corrected chi connectivity index (χ0v) is 14.3. The summed E-state index contributed by atoms with van der Waals surface area (Å²) in [6, 6.07) is 15.5. The molecule has 0 saturated carbocycles. The van der Waals surface area contributed by atoms with Crippen LogP contribution in [0.5, 0.6) is 17.2 Å². The maximum Gasteiger partial charge on any atom is 0.336 e. The summed E-state index contributed by atoms with van der Waals surface area (Å²) in [5.41, 5.74) is -0.0273. The van der Waals surface area contributed by atoms with Gasteiger partial charge in [-0.15, -0.1) is 0 Å². The molecule has 0 aliphatic carbocycles. The van der Waals surface area contributed by atoms with Gasteiger partial charge in [-0.05, 0) is 30.3 Å². The second-order valence-corrected chi connectivity index (χ2v) is 6.04. The van der Waals surface area contributed by atoms with E-state index in [9.17, 15) is 9.59 Å². The molecule has 1 amide bonds. The Morgan fingerprint density at radius 2 is 1.93 bits per heavy atom. The summed E-state index contributed by atoms with van der Waals surface area (Å²) in [6.07, 6.45) is -0.265. The van der Waals surface area contributed by atoms with Crippen LogP contribution < -0.4 is 25.2 Å². The molecule has 4 rings (SSSR count). The van der Waals surface area contributed by atoms with Crippen molar-refractivity contribution in [3.05, 3.63) is 65.0 Å². The van der Waals surface area contributed by atoms with Gasteiger partial charge in [-0.25, -0.2) is 4.79 Å². The summed E-state index contributed by atoms with van der Waals surface area (Å²) in [6.45, 7) is 0.512. The second-order valence-electron chi connectivity index (χ2n) is 6.04. The smallest absolute Gasteiger partial charge is 0.336 e. The highest BCUT2D eigenvalue weighted by molar-refractivity contribution is 5.79. The highest BCUT2D eigenvalue weighted by atomic mass is 16.6. The molecule has 0 radical (unpaired) electrons. The van der Waals surface area contributed by atoms with Gasteiger partial charge in [0.25, 0.3) is 5.91 Å². The van der Waals surface area contributed by atoms with E-state index in [4.69, 9.17) is 18.6 Å².